The fourth-order valence-electron chi connectivity index (χ4n) is 2.50. The first-order valence-electron chi connectivity index (χ1n) is 5.64. The Morgan fingerprint density at radius 1 is 0.706 bits per heavy atom. The van der Waals surface area contributed by atoms with Crippen molar-refractivity contribution in [2.24, 2.45) is 0 Å². The van der Waals surface area contributed by atoms with Gasteiger partial charge < -0.3 is 0 Å². The topological polar surface area (TPSA) is 31.6 Å². The number of hydrogen-bond acceptors (Lipinski definition) is 0. The van der Waals surface area contributed by atoms with Gasteiger partial charge in [0, 0.05) is 0 Å². The van der Waals surface area contributed by atoms with Crippen molar-refractivity contribution in [3.63, 3.8) is 0 Å². The van der Waals surface area contributed by atoms with Crippen molar-refractivity contribution in [3.8, 4) is 11.1 Å². The van der Waals surface area contributed by atoms with Crippen LogP contribution in [0.1, 0.15) is 0 Å². The summed E-state index contributed by atoms with van der Waals surface area (Å²) in [6.45, 7) is 0. The van der Waals surface area contributed by atoms with E-state index in [0.717, 1.165) is 0 Å². The van der Waals surface area contributed by atoms with E-state index in [1.165, 1.54) is 11.1 Å². The van der Waals surface area contributed by atoms with Gasteiger partial charge in [-0.3, -0.25) is 0 Å². The van der Waals surface area contributed by atoms with E-state index in [0.29, 0.717) is 0 Å². The molecule has 4 rings (SSSR count). The van der Waals surface area contributed by atoms with Gasteiger partial charge in [0.15, 0.2) is 0 Å². The number of fused-ring (bicyclic) bond motifs is 3. The Labute approximate surface area is 107 Å². The quantitative estimate of drug-likeness (QED) is 0.432. The molecule has 2 aromatic heterocycles. The zero-order valence-electron chi connectivity index (χ0n) is 9.14. The van der Waals surface area contributed by atoms with Crippen LogP contribution in [-0.2, 0) is 0 Å². The number of hydrogen-bond donors (Lipinski definition) is 2. The van der Waals surface area contributed by atoms with Gasteiger partial charge in [-0.1, -0.05) is 0 Å². The predicted molar refractivity (Wildman–Crippen MR) is 71.7 cm³/mol. The molecule has 0 atom stereocenters. The van der Waals surface area contributed by atoms with E-state index < -0.39 is 21.8 Å². The standard InChI is InChI=1S/C8H6N2.C6H5.Bi/c1-3-9-5-7(1)8-2-4-10-6-8;1-2-4-6-5-3-1;/h3-6,9-10H;1-5H;. The Hall–Kier alpha value is -1.34. The second kappa shape index (κ2) is 3.58. The van der Waals surface area contributed by atoms with E-state index in [2.05, 4.69) is 65.1 Å². The Morgan fingerprint density at radius 3 is 1.88 bits per heavy atom. The molecule has 82 valence electrons. The molecule has 2 N–H and O–H groups in total. The minimum absolute atomic E-state index is 1.42. The number of aromatic nitrogens is 2. The molecule has 0 radical (unpaired) electrons. The van der Waals surface area contributed by atoms with Crippen LogP contribution in [0.3, 0.4) is 0 Å². The SMILES string of the molecule is c1cc[c]([Bi]2[c]3c[nH]cc3-c3c[nH]c[c]32)cc1. The first-order chi connectivity index (χ1) is 8.45. The predicted octanol–water partition coefficient (Wildman–Crippen LogP) is 0.839. The molecule has 0 amide bonds. The molecule has 0 saturated carbocycles. The van der Waals surface area contributed by atoms with Crippen LogP contribution in [0.5, 0.6) is 0 Å². The van der Waals surface area contributed by atoms with E-state index >= 15 is 0 Å². The second-order valence-corrected chi connectivity index (χ2v) is 12.5. The van der Waals surface area contributed by atoms with Gasteiger partial charge in [-0.25, -0.2) is 0 Å². The van der Waals surface area contributed by atoms with Crippen LogP contribution in [0.25, 0.3) is 11.1 Å². The third-order valence-corrected chi connectivity index (χ3v) is 13.0. The normalized spacial score (nSPS) is 13.6. The third-order valence-electron chi connectivity index (χ3n) is 3.23. The van der Waals surface area contributed by atoms with Gasteiger partial charge in [0.1, 0.15) is 0 Å². The molecule has 1 aliphatic heterocycles. The van der Waals surface area contributed by atoms with Gasteiger partial charge in [0.05, 0.1) is 0 Å². The van der Waals surface area contributed by atoms with Gasteiger partial charge >= 0.3 is 108 Å². The maximum atomic E-state index is 3.27. The zero-order chi connectivity index (χ0) is 11.2. The summed E-state index contributed by atoms with van der Waals surface area (Å²) in [5.41, 5.74) is 2.84. The van der Waals surface area contributed by atoms with Gasteiger partial charge in [0.2, 0.25) is 0 Å². The van der Waals surface area contributed by atoms with E-state index in [1.807, 2.05) is 0 Å². The number of rotatable bonds is 1. The van der Waals surface area contributed by atoms with E-state index in [4.69, 9.17) is 0 Å². The number of benzene rings is 1. The van der Waals surface area contributed by atoms with Crippen molar-refractivity contribution in [2.75, 3.05) is 0 Å². The molecule has 2 nitrogen and oxygen atoms in total. The van der Waals surface area contributed by atoms with Gasteiger partial charge in [-0.15, -0.1) is 0 Å². The molecule has 1 aromatic carbocycles. The summed E-state index contributed by atoms with van der Waals surface area (Å²) in [7, 11) is 0. The van der Waals surface area contributed by atoms with Crippen molar-refractivity contribution in [3.05, 3.63) is 55.1 Å². The maximum absolute atomic E-state index is 3.27. The summed E-state index contributed by atoms with van der Waals surface area (Å²) in [6.07, 6.45) is 8.70. The number of aromatic amines is 2. The summed E-state index contributed by atoms with van der Waals surface area (Å²) in [5, 5.41) is 0. The molecule has 0 saturated heterocycles. The molecule has 3 heteroatoms. The van der Waals surface area contributed by atoms with Crippen LogP contribution >= 0.6 is 0 Å². The fourth-order valence-corrected chi connectivity index (χ4v) is 12.4. The Bertz CT molecular complexity index is 626. The van der Waals surface area contributed by atoms with Gasteiger partial charge in [0.25, 0.3) is 0 Å². The van der Waals surface area contributed by atoms with Gasteiger partial charge in [-0.05, 0) is 0 Å². The summed E-state index contributed by atoms with van der Waals surface area (Å²) < 4.78 is 4.73. The minimum atomic E-state index is -1.93. The molecule has 1 aliphatic rings. The Kier molecular flexibility index (Phi) is 2.03. The molecular weight excluding hydrogens is 405 g/mol. The molecule has 0 bridgehead atoms. The molecule has 17 heavy (non-hydrogen) atoms. The van der Waals surface area contributed by atoms with Crippen LogP contribution in [0.15, 0.2) is 55.1 Å². The summed E-state index contributed by atoms with van der Waals surface area (Å²) in [6, 6.07) is 11.0. The molecule has 0 fully saturated rings. The summed E-state index contributed by atoms with van der Waals surface area (Å²) in [4.78, 5) is 6.54. The van der Waals surface area contributed by atoms with Crippen molar-refractivity contribution >= 4 is 31.6 Å². The first kappa shape index (κ1) is 9.67. The second-order valence-electron chi connectivity index (χ2n) is 4.18. The summed E-state index contributed by atoms with van der Waals surface area (Å²) in [5.74, 6) is 0. The van der Waals surface area contributed by atoms with E-state index in [-0.39, 0.29) is 0 Å². The van der Waals surface area contributed by atoms with Crippen molar-refractivity contribution in [2.45, 2.75) is 0 Å². The third kappa shape index (κ3) is 1.29. The van der Waals surface area contributed by atoms with Crippen LogP contribution in [-0.4, -0.2) is 31.7 Å². The molecule has 0 spiro atoms. The Morgan fingerprint density at radius 2 is 1.29 bits per heavy atom. The van der Waals surface area contributed by atoms with Crippen molar-refractivity contribution in [1.29, 1.82) is 0 Å². The average Bonchev–Trinajstić information content (AvgIpc) is 3.01. The monoisotopic (exact) mass is 416 g/mol. The first-order valence-corrected chi connectivity index (χ1v) is 10.9. The molecule has 0 unspecified atom stereocenters. The molecule has 3 aromatic rings. The zero-order valence-corrected chi connectivity index (χ0v) is 12.6. The van der Waals surface area contributed by atoms with Crippen LogP contribution in [0.2, 0.25) is 0 Å². The molecule has 0 aliphatic carbocycles. The van der Waals surface area contributed by atoms with Crippen molar-refractivity contribution < 1.29 is 0 Å². The molecule has 3 heterocycles. The van der Waals surface area contributed by atoms with Crippen LogP contribution in [0, 0.1) is 0 Å². The Balaban J connectivity index is 1.99. The van der Waals surface area contributed by atoms with Crippen molar-refractivity contribution in [1.82, 2.24) is 9.97 Å². The number of nitrogens with one attached hydrogen (secondary N) is 2. The van der Waals surface area contributed by atoms with E-state index in [1.54, 1.807) is 9.81 Å². The molecular formula is C14H11BiN2. The van der Waals surface area contributed by atoms with Gasteiger partial charge in [-0.2, -0.15) is 0 Å². The van der Waals surface area contributed by atoms with E-state index in [9.17, 15) is 0 Å². The average molecular weight is 416 g/mol. The number of H-pyrrole nitrogens is 2. The van der Waals surface area contributed by atoms with Crippen LogP contribution in [0.4, 0.5) is 0 Å². The van der Waals surface area contributed by atoms with Crippen LogP contribution < -0.4 is 9.81 Å². The fraction of sp³-hybridized carbons (Fsp3) is 0. The summed E-state index contributed by atoms with van der Waals surface area (Å²) >= 11 is -1.93.